The molecule has 0 radical (unpaired) electrons. The molecule has 2 N–H and O–H groups in total. The van der Waals surface area contributed by atoms with Gasteiger partial charge in [-0.25, -0.2) is 0 Å². The Morgan fingerprint density at radius 1 is 1.00 bits per heavy atom. The van der Waals surface area contributed by atoms with E-state index in [1.54, 1.807) is 16.8 Å². The quantitative estimate of drug-likeness (QED) is 0.559. The van der Waals surface area contributed by atoms with Crippen molar-refractivity contribution < 1.29 is 0 Å². The second kappa shape index (κ2) is 10.9. The van der Waals surface area contributed by atoms with Crippen LogP contribution in [0.25, 0.3) is 0 Å². The van der Waals surface area contributed by atoms with Gasteiger partial charge >= 0.3 is 0 Å². The van der Waals surface area contributed by atoms with Crippen LogP contribution in [0.5, 0.6) is 0 Å². The van der Waals surface area contributed by atoms with Crippen LogP contribution in [0.15, 0.2) is 21.5 Å². The molecule has 0 atom stereocenters. The average molecular weight is 357 g/mol. The number of nitrogens with zero attached hydrogens (tertiary/aromatic N) is 1. The van der Waals surface area contributed by atoms with Crippen molar-refractivity contribution in [3.8, 4) is 0 Å². The van der Waals surface area contributed by atoms with Gasteiger partial charge in [-0.1, -0.05) is 64.7 Å². The number of pyridine rings is 1. The van der Waals surface area contributed by atoms with Gasteiger partial charge in [0.1, 0.15) is 0 Å². The van der Waals surface area contributed by atoms with Crippen LogP contribution in [0.4, 0.5) is 5.69 Å². The number of hydrogen-bond acceptors (Lipinski definition) is 2. The molecule has 1 rings (SSSR count). The van der Waals surface area contributed by atoms with Crippen molar-refractivity contribution in [2.45, 2.75) is 77.7 Å². The van der Waals surface area contributed by atoms with Gasteiger partial charge in [-0.05, 0) is 28.4 Å². The number of aryl methyl sites for hydroxylation is 1. The van der Waals surface area contributed by atoms with E-state index in [-0.39, 0.29) is 5.56 Å². The Bertz CT molecular complexity index is 457. The number of anilines is 1. The Hall–Kier alpha value is -0.770. The third-order valence-corrected chi connectivity index (χ3v) is 4.38. The summed E-state index contributed by atoms with van der Waals surface area (Å²) in [4.78, 5) is 11.9. The SMILES string of the molecule is CCCCCCCCCCCCn1cc(N)cc(Br)c1=O. The summed E-state index contributed by atoms with van der Waals surface area (Å²) < 4.78 is 2.26. The van der Waals surface area contributed by atoms with Crippen molar-refractivity contribution in [2.75, 3.05) is 5.73 Å². The van der Waals surface area contributed by atoms with E-state index in [9.17, 15) is 4.79 Å². The number of rotatable bonds is 11. The largest absolute Gasteiger partial charge is 0.398 e. The summed E-state index contributed by atoms with van der Waals surface area (Å²) in [5.74, 6) is 0. The Labute approximate surface area is 137 Å². The molecule has 1 aromatic rings. The molecule has 0 saturated heterocycles. The fraction of sp³-hybridized carbons (Fsp3) is 0.706. The van der Waals surface area contributed by atoms with Crippen molar-refractivity contribution in [1.82, 2.24) is 4.57 Å². The van der Waals surface area contributed by atoms with Crippen molar-refractivity contribution >= 4 is 21.6 Å². The molecule has 3 nitrogen and oxygen atoms in total. The molecular weight excluding hydrogens is 328 g/mol. The van der Waals surface area contributed by atoms with Crippen LogP contribution in [0.3, 0.4) is 0 Å². The Morgan fingerprint density at radius 2 is 1.52 bits per heavy atom. The van der Waals surface area contributed by atoms with Crippen LogP contribution < -0.4 is 11.3 Å². The number of hydrogen-bond donors (Lipinski definition) is 1. The molecule has 0 fully saturated rings. The minimum absolute atomic E-state index is 0.0140. The van der Waals surface area contributed by atoms with Crippen LogP contribution in [0, 0.1) is 0 Å². The van der Waals surface area contributed by atoms with Gasteiger partial charge in [-0.2, -0.15) is 0 Å². The zero-order valence-electron chi connectivity index (χ0n) is 13.2. The Balaban J connectivity index is 2.08. The van der Waals surface area contributed by atoms with Crippen LogP contribution in [-0.4, -0.2) is 4.57 Å². The highest BCUT2D eigenvalue weighted by Gasteiger charge is 2.02. The summed E-state index contributed by atoms with van der Waals surface area (Å²) in [6.45, 7) is 3.02. The average Bonchev–Trinajstić information content (AvgIpc) is 2.45. The summed E-state index contributed by atoms with van der Waals surface area (Å²) in [6.07, 6.45) is 14.8. The predicted molar refractivity (Wildman–Crippen MR) is 94.7 cm³/mol. The van der Waals surface area contributed by atoms with Gasteiger partial charge in [0, 0.05) is 18.4 Å². The lowest BCUT2D eigenvalue weighted by atomic mass is 10.1. The smallest absolute Gasteiger partial charge is 0.264 e. The van der Waals surface area contributed by atoms with Crippen molar-refractivity contribution in [3.63, 3.8) is 0 Å². The lowest BCUT2D eigenvalue weighted by Gasteiger charge is -2.07. The number of unbranched alkanes of at least 4 members (excludes halogenated alkanes) is 9. The summed E-state index contributed by atoms with van der Waals surface area (Å²) in [5, 5.41) is 0. The fourth-order valence-corrected chi connectivity index (χ4v) is 3.05. The number of aromatic nitrogens is 1. The van der Waals surface area contributed by atoms with Crippen LogP contribution in [-0.2, 0) is 6.54 Å². The predicted octanol–water partition coefficient (Wildman–Crippen LogP) is 5.11. The third-order valence-electron chi connectivity index (χ3n) is 3.82. The number of halogens is 1. The highest BCUT2D eigenvalue weighted by atomic mass is 79.9. The second-order valence-corrected chi connectivity index (χ2v) is 6.66. The molecule has 0 aliphatic carbocycles. The minimum Gasteiger partial charge on any atom is -0.398 e. The second-order valence-electron chi connectivity index (χ2n) is 5.80. The van der Waals surface area contributed by atoms with Crippen molar-refractivity contribution in [2.24, 2.45) is 0 Å². The Morgan fingerprint density at radius 3 is 2.10 bits per heavy atom. The van der Waals surface area contributed by atoms with Gasteiger partial charge in [0.15, 0.2) is 0 Å². The van der Waals surface area contributed by atoms with Gasteiger partial charge in [-0.3, -0.25) is 4.79 Å². The molecule has 0 spiro atoms. The maximum atomic E-state index is 11.9. The zero-order valence-corrected chi connectivity index (χ0v) is 14.8. The van der Waals surface area contributed by atoms with E-state index in [2.05, 4.69) is 22.9 Å². The van der Waals surface area contributed by atoms with Crippen LogP contribution >= 0.6 is 15.9 Å². The van der Waals surface area contributed by atoms with Crippen molar-refractivity contribution in [3.05, 3.63) is 27.1 Å². The molecule has 0 aliphatic rings. The van der Waals surface area contributed by atoms with Gasteiger partial charge in [0.2, 0.25) is 0 Å². The topological polar surface area (TPSA) is 48.0 Å². The highest BCUT2D eigenvalue weighted by Crippen LogP contribution is 2.12. The summed E-state index contributed by atoms with van der Waals surface area (Å²) in [6, 6.07) is 1.66. The van der Waals surface area contributed by atoms with E-state index >= 15 is 0 Å². The van der Waals surface area contributed by atoms with E-state index in [0.29, 0.717) is 10.2 Å². The van der Waals surface area contributed by atoms with Gasteiger partial charge in [0.25, 0.3) is 5.56 Å². The molecule has 1 aromatic heterocycles. The molecule has 0 saturated carbocycles. The summed E-state index contributed by atoms with van der Waals surface area (Å²) in [7, 11) is 0. The molecular formula is C17H29BrN2O. The summed E-state index contributed by atoms with van der Waals surface area (Å²) >= 11 is 3.25. The molecule has 120 valence electrons. The number of nitrogen functional groups attached to an aromatic ring is 1. The molecule has 0 amide bonds. The maximum absolute atomic E-state index is 11.9. The number of nitrogens with two attached hydrogens (primary N) is 1. The first-order chi connectivity index (χ1) is 10.1. The van der Waals surface area contributed by atoms with Crippen molar-refractivity contribution in [1.29, 1.82) is 0 Å². The first-order valence-electron chi connectivity index (χ1n) is 8.30. The lowest BCUT2D eigenvalue weighted by molar-refractivity contribution is 0.530. The standard InChI is InChI=1S/C17H29BrN2O/c1-2-3-4-5-6-7-8-9-10-11-12-20-14-15(19)13-16(18)17(20)21/h13-14H,2-12,19H2,1H3. The van der Waals surface area contributed by atoms with Gasteiger partial charge < -0.3 is 10.3 Å². The lowest BCUT2D eigenvalue weighted by Crippen LogP contribution is -2.20. The zero-order chi connectivity index (χ0) is 15.5. The first-order valence-corrected chi connectivity index (χ1v) is 9.10. The van der Waals surface area contributed by atoms with E-state index in [1.165, 1.54) is 57.8 Å². The van der Waals surface area contributed by atoms with Gasteiger partial charge in [-0.15, -0.1) is 0 Å². The molecule has 4 heteroatoms. The normalized spacial score (nSPS) is 11.0. The van der Waals surface area contributed by atoms with Crippen LogP contribution in [0.1, 0.15) is 71.1 Å². The molecule has 1 heterocycles. The van der Waals surface area contributed by atoms with E-state index in [0.717, 1.165) is 13.0 Å². The molecule has 0 aromatic carbocycles. The summed E-state index contributed by atoms with van der Waals surface area (Å²) in [5.41, 5.74) is 6.41. The third kappa shape index (κ3) is 7.70. The first kappa shape index (κ1) is 18.3. The highest BCUT2D eigenvalue weighted by molar-refractivity contribution is 9.10. The molecule has 21 heavy (non-hydrogen) atoms. The fourth-order valence-electron chi connectivity index (χ4n) is 2.56. The monoisotopic (exact) mass is 356 g/mol. The molecule has 0 aliphatic heterocycles. The van der Waals surface area contributed by atoms with Gasteiger partial charge in [0.05, 0.1) is 4.47 Å². The molecule has 0 bridgehead atoms. The van der Waals surface area contributed by atoms with E-state index in [1.807, 2.05) is 0 Å². The maximum Gasteiger partial charge on any atom is 0.264 e. The van der Waals surface area contributed by atoms with E-state index < -0.39 is 0 Å². The van der Waals surface area contributed by atoms with Crippen LogP contribution in [0.2, 0.25) is 0 Å². The Kier molecular flexibility index (Phi) is 9.48. The minimum atomic E-state index is 0.0140. The van der Waals surface area contributed by atoms with E-state index in [4.69, 9.17) is 5.73 Å². The molecule has 0 unspecified atom stereocenters.